The fourth-order valence-corrected chi connectivity index (χ4v) is 1.77. The van der Waals surface area contributed by atoms with E-state index < -0.39 is 0 Å². The highest BCUT2D eigenvalue weighted by Gasteiger charge is 2.11. The van der Waals surface area contributed by atoms with Crippen molar-refractivity contribution < 1.29 is 0 Å². The first-order valence-corrected chi connectivity index (χ1v) is 6.50. The van der Waals surface area contributed by atoms with Gasteiger partial charge < -0.3 is 4.90 Å². The molecule has 0 aromatic heterocycles. The van der Waals surface area contributed by atoms with Gasteiger partial charge >= 0.3 is 0 Å². The van der Waals surface area contributed by atoms with E-state index in [1.165, 1.54) is 0 Å². The predicted molar refractivity (Wildman–Crippen MR) is 87.5 cm³/mol. The third-order valence-corrected chi connectivity index (χ3v) is 2.49. The largest absolute Gasteiger partial charge is 0.315 e. The Hall–Kier alpha value is -2.02. The first-order chi connectivity index (χ1) is 9.15. The van der Waals surface area contributed by atoms with Crippen LogP contribution in [0.15, 0.2) is 84.9 Å². The van der Waals surface area contributed by atoms with Crippen LogP contribution in [0.2, 0.25) is 0 Å². The van der Waals surface area contributed by atoms with Crippen molar-refractivity contribution in [2.75, 3.05) is 0 Å². The van der Waals surface area contributed by atoms with E-state index in [2.05, 4.69) is 43.2 Å². The second kappa shape index (κ2) is 9.95. The number of nitrogens with zero attached hydrogens (tertiary/aromatic N) is 1. The van der Waals surface area contributed by atoms with Crippen molar-refractivity contribution in [3.63, 3.8) is 0 Å². The molecule has 0 radical (unpaired) electrons. The summed E-state index contributed by atoms with van der Waals surface area (Å²) in [5, 5.41) is 0. The van der Waals surface area contributed by atoms with Gasteiger partial charge in [0.25, 0.3) is 0 Å². The van der Waals surface area contributed by atoms with E-state index in [0.29, 0.717) is 0 Å². The summed E-state index contributed by atoms with van der Waals surface area (Å²) in [6, 6.07) is 0. The van der Waals surface area contributed by atoms with Crippen LogP contribution < -0.4 is 0 Å². The molecule has 102 valence electrons. The number of hydrogen-bond donors (Lipinski definition) is 0. The van der Waals surface area contributed by atoms with Crippen LogP contribution in [-0.4, -0.2) is 4.90 Å². The van der Waals surface area contributed by atoms with Crippen molar-refractivity contribution in [3.8, 4) is 0 Å². The Bertz CT molecular complexity index is 442. The van der Waals surface area contributed by atoms with Gasteiger partial charge in [-0.15, -0.1) is 0 Å². The average Bonchev–Trinajstić information content (AvgIpc) is 2.39. The summed E-state index contributed by atoms with van der Waals surface area (Å²) in [5.41, 5.74) is 3.29. The lowest BCUT2D eigenvalue weighted by molar-refractivity contribution is 0.559. The Balaban J connectivity index is 5.87. The number of rotatable bonds is 7. The minimum Gasteiger partial charge on any atom is -0.315 e. The lowest BCUT2D eigenvalue weighted by Crippen LogP contribution is -2.18. The second-order valence-corrected chi connectivity index (χ2v) is 3.92. The molecule has 0 bridgehead atoms. The highest BCUT2D eigenvalue weighted by molar-refractivity contribution is 5.35. The second-order valence-electron chi connectivity index (χ2n) is 3.92. The topological polar surface area (TPSA) is 3.24 Å². The normalized spacial score (nSPS) is 14.2. The molecule has 0 aliphatic rings. The Labute approximate surface area is 118 Å². The molecule has 0 heterocycles. The van der Waals surface area contributed by atoms with Gasteiger partial charge in [0.15, 0.2) is 0 Å². The van der Waals surface area contributed by atoms with Crippen LogP contribution in [0.25, 0.3) is 0 Å². The molecule has 0 saturated heterocycles. The summed E-state index contributed by atoms with van der Waals surface area (Å²) in [6.45, 7) is 15.7. The monoisotopic (exact) mass is 255 g/mol. The standard InChI is InChI=1S/C18H25N/c1-7-12-16(6)19(17(11-5)13-8-2)18(14-9-3)15-10-4/h7-15H,1,3H2,2,4-6H3/b13-8-,15-10-,16-12+,17-11+,18-14+. The summed E-state index contributed by atoms with van der Waals surface area (Å²) in [7, 11) is 0. The summed E-state index contributed by atoms with van der Waals surface area (Å²) < 4.78 is 0. The fraction of sp³-hybridized carbons (Fsp3) is 0.222. The van der Waals surface area contributed by atoms with Crippen molar-refractivity contribution in [3.05, 3.63) is 84.9 Å². The maximum absolute atomic E-state index is 3.79. The van der Waals surface area contributed by atoms with Gasteiger partial charge in [0.2, 0.25) is 0 Å². The van der Waals surface area contributed by atoms with Gasteiger partial charge in [0, 0.05) is 17.1 Å². The molecule has 0 fully saturated rings. The molecular weight excluding hydrogens is 230 g/mol. The van der Waals surface area contributed by atoms with Gasteiger partial charge in [0.05, 0.1) is 0 Å². The highest BCUT2D eigenvalue weighted by atomic mass is 15.2. The van der Waals surface area contributed by atoms with Crippen LogP contribution in [0, 0.1) is 0 Å². The maximum Gasteiger partial charge on any atom is 0.0454 e. The molecule has 0 aromatic rings. The first kappa shape index (κ1) is 17.0. The van der Waals surface area contributed by atoms with E-state index in [9.17, 15) is 0 Å². The Kier molecular flexibility index (Phi) is 8.90. The minimum atomic E-state index is 1.07. The number of allylic oxidation sites excluding steroid dienone is 10. The van der Waals surface area contributed by atoms with Crippen molar-refractivity contribution in [2.45, 2.75) is 27.7 Å². The Morgan fingerprint density at radius 1 is 0.842 bits per heavy atom. The molecule has 0 amide bonds. The van der Waals surface area contributed by atoms with E-state index >= 15 is 0 Å². The van der Waals surface area contributed by atoms with Crippen molar-refractivity contribution >= 4 is 0 Å². The van der Waals surface area contributed by atoms with Crippen LogP contribution in [-0.2, 0) is 0 Å². The van der Waals surface area contributed by atoms with Crippen LogP contribution in [0.3, 0.4) is 0 Å². The molecule has 0 N–H and O–H groups in total. The molecule has 1 nitrogen and oxygen atoms in total. The predicted octanol–water partition coefficient (Wildman–Crippen LogP) is 5.50. The Morgan fingerprint density at radius 3 is 1.79 bits per heavy atom. The molecule has 0 saturated carbocycles. The average molecular weight is 255 g/mol. The zero-order chi connectivity index (χ0) is 14.7. The van der Waals surface area contributed by atoms with E-state index in [4.69, 9.17) is 0 Å². The zero-order valence-electron chi connectivity index (χ0n) is 12.6. The van der Waals surface area contributed by atoms with Gasteiger partial charge in [-0.05, 0) is 52.0 Å². The highest BCUT2D eigenvalue weighted by Crippen LogP contribution is 2.22. The van der Waals surface area contributed by atoms with Crippen LogP contribution in [0.4, 0.5) is 0 Å². The first-order valence-electron chi connectivity index (χ1n) is 6.50. The van der Waals surface area contributed by atoms with Crippen LogP contribution >= 0.6 is 0 Å². The Morgan fingerprint density at radius 2 is 1.37 bits per heavy atom. The van der Waals surface area contributed by atoms with Crippen molar-refractivity contribution in [2.24, 2.45) is 0 Å². The van der Waals surface area contributed by atoms with Crippen LogP contribution in [0.1, 0.15) is 27.7 Å². The van der Waals surface area contributed by atoms with Crippen molar-refractivity contribution in [1.82, 2.24) is 4.90 Å². The SMILES string of the molecule is C=C/C=C(\C)N(C(/C=C\C)=C/C)C(/C=C\C)=C/C=C. The summed E-state index contributed by atoms with van der Waals surface area (Å²) >= 11 is 0. The number of hydrogen-bond acceptors (Lipinski definition) is 1. The lowest BCUT2D eigenvalue weighted by Gasteiger charge is -2.27. The van der Waals surface area contributed by atoms with Gasteiger partial charge in [-0.1, -0.05) is 43.5 Å². The fourth-order valence-electron chi connectivity index (χ4n) is 1.77. The van der Waals surface area contributed by atoms with Gasteiger partial charge in [0.1, 0.15) is 0 Å². The van der Waals surface area contributed by atoms with E-state index in [-0.39, 0.29) is 0 Å². The zero-order valence-corrected chi connectivity index (χ0v) is 12.6. The smallest absolute Gasteiger partial charge is 0.0454 e. The van der Waals surface area contributed by atoms with Gasteiger partial charge in [-0.3, -0.25) is 0 Å². The molecule has 0 aliphatic carbocycles. The molecule has 0 aromatic carbocycles. The minimum absolute atomic E-state index is 1.07. The molecule has 0 rings (SSSR count). The third-order valence-electron chi connectivity index (χ3n) is 2.49. The summed E-state index contributed by atoms with van der Waals surface area (Å²) in [6.07, 6.45) is 17.9. The maximum atomic E-state index is 3.79. The summed E-state index contributed by atoms with van der Waals surface area (Å²) in [4.78, 5) is 2.17. The molecule has 0 atom stereocenters. The van der Waals surface area contributed by atoms with Crippen molar-refractivity contribution in [1.29, 1.82) is 0 Å². The quantitative estimate of drug-likeness (QED) is 0.543. The molecule has 0 aliphatic heterocycles. The van der Waals surface area contributed by atoms with E-state index in [1.807, 2.05) is 45.1 Å². The molecule has 0 spiro atoms. The molecule has 19 heavy (non-hydrogen) atoms. The van der Waals surface area contributed by atoms with Crippen LogP contribution in [0.5, 0.6) is 0 Å². The third kappa shape index (κ3) is 5.43. The van der Waals surface area contributed by atoms with Gasteiger partial charge in [-0.2, -0.15) is 0 Å². The van der Waals surface area contributed by atoms with E-state index in [1.54, 1.807) is 12.2 Å². The molecule has 1 heteroatoms. The lowest BCUT2D eigenvalue weighted by atomic mass is 10.2. The van der Waals surface area contributed by atoms with E-state index in [0.717, 1.165) is 17.1 Å². The summed E-state index contributed by atoms with van der Waals surface area (Å²) in [5.74, 6) is 0. The van der Waals surface area contributed by atoms with Gasteiger partial charge in [-0.25, -0.2) is 0 Å². The molecule has 0 unspecified atom stereocenters. The molecular formula is C18H25N.